The van der Waals surface area contributed by atoms with Gasteiger partial charge < -0.3 is 9.80 Å². The average Bonchev–Trinajstić information content (AvgIpc) is 2.85. The predicted molar refractivity (Wildman–Crippen MR) is 83.1 cm³/mol. The number of halogens is 1. The lowest BCUT2D eigenvalue weighted by atomic mass is 10.3. The summed E-state index contributed by atoms with van der Waals surface area (Å²) in [5.74, 6) is 0.186. The fraction of sp³-hybridized carbons (Fsp3) is 0.538. The first-order valence-corrected chi connectivity index (χ1v) is 8.05. The maximum absolute atomic E-state index is 12.3. The van der Waals surface area contributed by atoms with Crippen molar-refractivity contribution in [1.82, 2.24) is 14.7 Å². The molecule has 0 radical (unpaired) electrons. The first-order chi connectivity index (χ1) is 9.47. The van der Waals surface area contributed by atoms with Crippen LogP contribution in [0.5, 0.6) is 0 Å². The number of carbonyl (C=O) groups is 2. The number of rotatable bonds is 3. The highest BCUT2D eigenvalue weighted by atomic mass is 79.9. The van der Waals surface area contributed by atoms with Crippen LogP contribution in [0.4, 0.5) is 0 Å². The first kappa shape index (κ1) is 15.5. The zero-order valence-corrected chi connectivity index (χ0v) is 14.0. The van der Waals surface area contributed by atoms with Gasteiger partial charge in [0.05, 0.1) is 15.2 Å². The van der Waals surface area contributed by atoms with E-state index in [1.165, 1.54) is 11.3 Å². The van der Waals surface area contributed by atoms with Gasteiger partial charge in [-0.3, -0.25) is 14.5 Å². The van der Waals surface area contributed by atoms with E-state index in [0.29, 0.717) is 19.6 Å². The number of nitrogens with zero attached hydrogens (tertiary/aromatic N) is 3. The summed E-state index contributed by atoms with van der Waals surface area (Å²) in [6, 6.07) is 3.74. The Morgan fingerprint density at radius 2 is 1.90 bits per heavy atom. The van der Waals surface area contributed by atoms with E-state index >= 15 is 0 Å². The lowest BCUT2D eigenvalue weighted by molar-refractivity contribution is -0.130. The standard InChI is InChI=1S/C13H18BrN3O2S/c1-15(2)12(18)9-16-5-7-17(8-6-16)13(19)10-3-4-11(14)20-10/h3-4H,5-9H2,1-2H3. The molecule has 0 N–H and O–H groups in total. The largest absolute Gasteiger partial charge is 0.348 e. The van der Waals surface area contributed by atoms with Crippen LogP contribution in [0.3, 0.4) is 0 Å². The molecule has 1 saturated heterocycles. The molecule has 5 nitrogen and oxygen atoms in total. The van der Waals surface area contributed by atoms with Gasteiger partial charge in [0.25, 0.3) is 5.91 Å². The molecule has 1 aliphatic heterocycles. The third-order valence-corrected chi connectivity index (χ3v) is 4.91. The number of hydrogen-bond acceptors (Lipinski definition) is 4. The third kappa shape index (κ3) is 3.80. The summed E-state index contributed by atoms with van der Waals surface area (Å²) in [5.41, 5.74) is 0. The van der Waals surface area contributed by atoms with Crippen molar-refractivity contribution in [3.05, 3.63) is 20.8 Å². The second-order valence-electron chi connectivity index (χ2n) is 4.96. The van der Waals surface area contributed by atoms with Crippen molar-refractivity contribution in [1.29, 1.82) is 0 Å². The zero-order chi connectivity index (χ0) is 14.7. The van der Waals surface area contributed by atoms with Gasteiger partial charge in [0.1, 0.15) is 0 Å². The summed E-state index contributed by atoms with van der Waals surface area (Å²) in [6.45, 7) is 3.28. The summed E-state index contributed by atoms with van der Waals surface area (Å²) < 4.78 is 0.969. The van der Waals surface area contributed by atoms with Gasteiger partial charge in [0.15, 0.2) is 0 Å². The lowest BCUT2D eigenvalue weighted by Gasteiger charge is -2.34. The number of likely N-dealkylation sites (N-methyl/N-ethyl adjacent to an activating group) is 1. The fourth-order valence-corrected chi connectivity index (χ4v) is 3.38. The monoisotopic (exact) mass is 359 g/mol. The van der Waals surface area contributed by atoms with Crippen molar-refractivity contribution in [2.75, 3.05) is 46.8 Å². The van der Waals surface area contributed by atoms with Crippen LogP contribution < -0.4 is 0 Å². The van der Waals surface area contributed by atoms with Gasteiger partial charge in [0, 0.05) is 40.3 Å². The fourth-order valence-electron chi connectivity index (χ4n) is 2.03. The molecule has 0 aliphatic carbocycles. The second kappa shape index (κ2) is 6.69. The van der Waals surface area contributed by atoms with Crippen LogP contribution in [0.25, 0.3) is 0 Å². The molecule has 0 saturated carbocycles. The minimum Gasteiger partial charge on any atom is -0.348 e. The highest BCUT2D eigenvalue weighted by Gasteiger charge is 2.24. The average molecular weight is 360 g/mol. The summed E-state index contributed by atoms with van der Waals surface area (Å²) in [7, 11) is 3.52. The Hall–Kier alpha value is -0.920. The van der Waals surface area contributed by atoms with Crippen molar-refractivity contribution in [3.63, 3.8) is 0 Å². The molecule has 1 aromatic heterocycles. The van der Waals surface area contributed by atoms with Crippen molar-refractivity contribution < 1.29 is 9.59 Å². The number of carbonyl (C=O) groups excluding carboxylic acids is 2. The summed E-state index contributed by atoms with van der Waals surface area (Å²) in [4.78, 5) is 30.2. The first-order valence-electron chi connectivity index (χ1n) is 6.44. The van der Waals surface area contributed by atoms with E-state index in [0.717, 1.165) is 21.8 Å². The molecule has 0 bridgehead atoms. The van der Waals surface area contributed by atoms with Crippen LogP contribution in [-0.2, 0) is 4.79 Å². The molecule has 2 rings (SSSR count). The molecule has 110 valence electrons. The summed E-state index contributed by atoms with van der Waals surface area (Å²) in [5, 5.41) is 0. The molecule has 1 aliphatic rings. The minimum atomic E-state index is 0.0827. The Bertz CT molecular complexity index is 496. The minimum absolute atomic E-state index is 0.0827. The molecule has 0 spiro atoms. The van der Waals surface area contributed by atoms with E-state index in [1.807, 2.05) is 17.0 Å². The molecule has 1 fully saturated rings. The zero-order valence-electron chi connectivity index (χ0n) is 11.6. The molecular weight excluding hydrogens is 342 g/mol. The van der Waals surface area contributed by atoms with Crippen LogP contribution in [-0.4, -0.2) is 73.3 Å². The highest BCUT2D eigenvalue weighted by molar-refractivity contribution is 9.11. The van der Waals surface area contributed by atoms with Gasteiger partial charge >= 0.3 is 0 Å². The molecule has 20 heavy (non-hydrogen) atoms. The smallest absolute Gasteiger partial charge is 0.264 e. The topological polar surface area (TPSA) is 43.9 Å². The second-order valence-corrected chi connectivity index (χ2v) is 7.42. The molecular formula is C13H18BrN3O2S. The van der Waals surface area contributed by atoms with Crippen molar-refractivity contribution in [2.24, 2.45) is 0 Å². The van der Waals surface area contributed by atoms with Gasteiger partial charge in [-0.2, -0.15) is 0 Å². The number of hydrogen-bond donors (Lipinski definition) is 0. The predicted octanol–water partition coefficient (Wildman–Crippen LogP) is 1.36. The van der Waals surface area contributed by atoms with E-state index in [9.17, 15) is 9.59 Å². The molecule has 0 atom stereocenters. The summed E-state index contributed by atoms with van der Waals surface area (Å²) >= 11 is 4.83. The van der Waals surface area contributed by atoms with Crippen molar-refractivity contribution in [3.8, 4) is 0 Å². The molecule has 1 aromatic rings. The summed E-state index contributed by atoms with van der Waals surface area (Å²) in [6.07, 6.45) is 0. The Kier molecular flexibility index (Phi) is 5.17. The van der Waals surface area contributed by atoms with E-state index in [1.54, 1.807) is 19.0 Å². The van der Waals surface area contributed by atoms with E-state index in [4.69, 9.17) is 0 Å². The molecule has 0 aromatic carbocycles. The Labute approximate surface area is 131 Å². The van der Waals surface area contributed by atoms with Crippen LogP contribution in [0.1, 0.15) is 9.67 Å². The molecule has 0 unspecified atom stereocenters. The molecule has 7 heteroatoms. The van der Waals surface area contributed by atoms with Gasteiger partial charge in [-0.15, -0.1) is 11.3 Å². The normalized spacial score (nSPS) is 16.2. The highest BCUT2D eigenvalue weighted by Crippen LogP contribution is 2.23. The van der Waals surface area contributed by atoms with Crippen molar-refractivity contribution in [2.45, 2.75) is 0 Å². The van der Waals surface area contributed by atoms with Gasteiger partial charge in [-0.25, -0.2) is 0 Å². The van der Waals surface area contributed by atoms with Crippen LogP contribution in [0, 0.1) is 0 Å². The Balaban J connectivity index is 1.85. The van der Waals surface area contributed by atoms with Gasteiger partial charge in [0.2, 0.25) is 5.91 Å². The van der Waals surface area contributed by atoms with Crippen molar-refractivity contribution >= 4 is 39.1 Å². The number of amides is 2. The number of piperazine rings is 1. The lowest BCUT2D eigenvalue weighted by Crippen LogP contribution is -2.50. The maximum Gasteiger partial charge on any atom is 0.264 e. The Morgan fingerprint density at radius 3 is 2.40 bits per heavy atom. The van der Waals surface area contributed by atoms with E-state index < -0.39 is 0 Å². The van der Waals surface area contributed by atoms with Crippen LogP contribution >= 0.6 is 27.3 Å². The van der Waals surface area contributed by atoms with Gasteiger partial charge in [-0.05, 0) is 28.1 Å². The number of thiophene rings is 1. The molecule has 2 amide bonds. The van der Waals surface area contributed by atoms with E-state index in [-0.39, 0.29) is 11.8 Å². The maximum atomic E-state index is 12.3. The van der Waals surface area contributed by atoms with Crippen LogP contribution in [0.15, 0.2) is 15.9 Å². The quantitative estimate of drug-likeness (QED) is 0.818. The SMILES string of the molecule is CN(C)C(=O)CN1CCN(C(=O)c2ccc(Br)s2)CC1. The van der Waals surface area contributed by atoms with Crippen LogP contribution in [0.2, 0.25) is 0 Å². The van der Waals surface area contributed by atoms with Gasteiger partial charge in [-0.1, -0.05) is 0 Å². The third-order valence-electron chi connectivity index (χ3n) is 3.30. The molecule has 2 heterocycles. The Morgan fingerprint density at radius 1 is 1.25 bits per heavy atom. The van der Waals surface area contributed by atoms with E-state index in [2.05, 4.69) is 20.8 Å².